The van der Waals surface area contributed by atoms with Crippen LogP contribution < -0.4 is 16.6 Å². The zero-order valence-electron chi connectivity index (χ0n) is 13.8. The molecule has 8 heteroatoms. The first-order chi connectivity index (χ1) is 12.5. The molecule has 1 aromatic carbocycles. The highest BCUT2D eigenvalue weighted by molar-refractivity contribution is 6.31. The third kappa shape index (κ3) is 3.73. The molecule has 1 amide bonds. The van der Waals surface area contributed by atoms with Crippen LogP contribution in [-0.4, -0.2) is 20.4 Å². The first kappa shape index (κ1) is 17.6. The van der Waals surface area contributed by atoms with Crippen LogP contribution in [0.2, 0.25) is 5.02 Å². The number of hydrogen-bond acceptors (Lipinski definition) is 4. The molecular formula is C18H15ClN4O3. The fraction of sp³-hybridized carbons (Fsp3) is 0.111. The van der Waals surface area contributed by atoms with E-state index < -0.39 is 17.2 Å². The smallest absolute Gasteiger partial charge is 0.322 e. The summed E-state index contributed by atoms with van der Waals surface area (Å²) in [6, 6.07) is 10.2. The Morgan fingerprint density at radius 3 is 2.77 bits per heavy atom. The highest BCUT2D eigenvalue weighted by atomic mass is 35.5. The number of nitrogens with zero attached hydrogens (tertiary/aromatic N) is 2. The second-order valence-corrected chi connectivity index (χ2v) is 6.05. The fourth-order valence-electron chi connectivity index (χ4n) is 2.34. The van der Waals surface area contributed by atoms with Crippen LogP contribution in [0.25, 0.3) is 0 Å². The molecule has 3 rings (SSSR count). The van der Waals surface area contributed by atoms with E-state index >= 15 is 0 Å². The van der Waals surface area contributed by atoms with E-state index in [1.807, 2.05) is 6.92 Å². The lowest BCUT2D eigenvalue weighted by Crippen LogP contribution is -2.39. The molecule has 0 unspecified atom stereocenters. The Morgan fingerprint density at radius 2 is 2.08 bits per heavy atom. The highest BCUT2D eigenvalue weighted by Gasteiger charge is 2.15. The van der Waals surface area contributed by atoms with Crippen molar-refractivity contribution in [3.63, 3.8) is 0 Å². The Hall–Kier alpha value is -3.19. The van der Waals surface area contributed by atoms with Crippen molar-refractivity contribution in [1.82, 2.24) is 14.5 Å². The number of aryl methyl sites for hydroxylation is 1. The van der Waals surface area contributed by atoms with Crippen LogP contribution in [-0.2, 0) is 6.54 Å². The van der Waals surface area contributed by atoms with Gasteiger partial charge in [0.25, 0.3) is 11.5 Å². The van der Waals surface area contributed by atoms with Gasteiger partial charge in [0.2, 0.25) is 0 Å². The molecule has 0 atom stereocenters. The predicted molar refractivity (Wildman–Crippen MR) is 98.8 cm³/mol. The third-order valence-corrected chi connectivity index (χ3v) is 4.19. The first-order valence-electron chi connectivity index (χ1n) is 7.75. The van der Waals surface area contributed by atoms with E-state index in [1.54, 1.807) is 42.6 Å². The number of carbonyl (C=O) groups is 1. The Kier molecular flexibility index (Phi) is 4.99. The van der Waals surface area contributed by atoms with Gasteiger partial charge in [-0.3, -0.25) is 19.1 Å². The second-order valence-electron chi connectivity index (χ2n) is 5.64. The number of pyridine rings is 1. The van der Waals surface area contributed by atoms with Gasteiger partial charge in [-0.1, -0.05) is 23.7 Å². The molecule has 7 nitrogen and oxygen atoms in total. The standard InChI is InChI=1S/C18H15ClN4O3/c1-11-5-6-12(8-15(11)19)22-16(24)14-9-21-18(26)23(17(14)25)10-13-4-2-3-7-20-13/h2-9H,10H2,1H3,(H,21,26)(H,22,24). The van der Waals surface area contributed by atoms with E-state index in [1.165, 1.54) is 0 Å². The van der Waals surface area contributed by atoms with Gasteiger partial charge in [0.1, 0.15) is 5.56 Å². The highest BCUT2D eigenvalue weighted by Crippen LogP contribution is 2.20. The summed E-state index contributed by atoms with van der Waals surface area (Å²) < 4.78 is 0.930. The molecule has 0 radical (unpaired) electrons. The normalized spacial score (nSPS) is 10.5. The quantitative estimate of drug-likeness (QED) is 0.735. The van der Waals surface area contributed by atoms with E-state index in [0.717, 1.165) is 16.3 Å². The summed E-state index contributed by atoms with van der Waals surface area (Å²) in [7, 11) is 0. The summed E-state index contributed by atoms with van der Waals surface area (Å²) in [6.45, 7) is 1.80. The number of anilines is 1. The summed E-state index contributed by atoms with van der Waals surface area (Å²) in [6.07, 6.45) is 2.66. The molecule has 0 aliphatic carbocycles. The molecule has 0 spiro atoms. The van der Waals surface area contributed by atoms with Crippen molar-refractivity contribution in [3.05, 3.63) is 91.5 Å². The monoisotopic (exact) mass is 370 g/mol. The molecule has 2 heterocycles. The molecule has 0 fully saturated rings. The number of nitrogens with one attached hydrogen (secondary N) is 2. The van der Waals surface area contributed by atoms with Gasteiger partial charge in [-0.05, 0) is 36.8 Å². The summed E-state index contributed by atoms with van der Waals surface area (Å²) in [4.78, 5) is 43.5. The van der Waals surface area contributed by atoms with Gasteiger partial charge < -0.3 is 10.3 Å². The maximum atomic E-state index is 12.6. The maximum Gasteiger partial charge on any atom is 0.328 e. The number of carbonyl (C=O) groups excluding carboxylic acids is 1. The van der Waals surface area contributed by atoms with E-state index in [0.29, 0.717) is 16.4 Å². The van der Waals surface area contributed by atoms with Crippen LogP contribution in [0.15, 0.2) is 58.4 Å². The largest absolute Gasteiger partial charge is 0.328 e. The molecule has 0 bridgehead atoms. The summed E-state index contributed by atoms with van der Waals surface area (Å²) in [5.74, 6) is -0.638. The lowest BCUT2D eigenvalue weighted by Gasteiger charge is -2.09. The number of rotatable bonds is 4. The van der Waals surface area contributed by atoms with E-state index in [4.69, 9.17) is 11.6 Å². The summed E-state index contributed by atoms with van der Waals surface area (Å²) in [5, 5.41) is 3.10. The van der Waals surface area contributed by atoms with Crippen LogP contribution in [0.4, 0.5) is 5.69 Å². The van der Waals surface area contributed by atoms with Crippen molar-refractivity contribution < 1.29 is 4.79 Å². The topological polar surface area (TPSA) is 96.8 Å². The van der Waals surface area contributed by atoms with Crippen LogP contribution in [0.3, 0.4) is 0 Å². The molecular weight excluding hydrogens is 356 g/mol. The molecule has 2 N–H and O–H groups in total. The average molecular weight is 371 g/mol. The van der Waals surface area contributed by atoms with E-state index in [9.17, 15) is 14.4 Å². The van der Waals surface area contributed by atoms with Crippen LogP contribution in [0.1, 0.15) is 21.6 Å². The zero-order valence-corrected chi connectivity index (χ0v) is 14.6. The number of hydrogen-bond donors (Lipinski definition) is 2. The fourth-order valence-corrected chi connectivity index (χ4v) is 2.52. The minimum atomic E-state index is -0.699. The van der Waals surface area contributed by atoms with Gasteiger partial charge >= 0.3 is 5.69 Å². The molecule has 0 saturated carbocycles. The lowest BCUT2D eigenvalue weighted by atomic mass is 10.2. The van der Waals surface area contributed by atoms with E-state index in [-0.39, 0.29) is 12.1 Å². The Labute approximate surface area is 153 Å². The lowest BCUT2D eigenvalue weighted by molar-refractivity contribution is 0.102. The second kappa shape index (κ2) is 7.37. The van der Waals surface area contributed by atoms with Crippen molar-refractivity contribution in [2.75, 3.05) is 5.32 Å². The van der Waals surface area contributed by atoms with Crippen molar-refractivity contribution in [3.8, 4) is 0 Å². The van der Waals surface area contributed by atoms with Crippen LogP contribution >= 0.6 is 11.6 Å². The Bertz CT molecular complexity index is 1070. The number of amides is 1. The van der Waals surface area contributed by atoms with Gasteiger partial charge in [0, 0.05) is 23.1 Å². The van der Waals surface area contributed by atoms with E-state index in [2.05, 4.69) is 15.3 Å². The first-order valence-corrected chi connectivity index (χ1v) is 8.13. The summed E-state index contributed by atoms with van der Waals surface area (Å²) >= 11 is 6.04. The SMILES string of the molecule is Cc1ccc(NC(=O)c2c[nH]c(=O)n(Cc3ccccn3)c2=O)cc1Cl. The Balaban J connectivity index is 1.91. The molecule has 26 heavy (non-hydrogen) atoms. The average Bonchev–Trinajstić information content (AvgIpc) is 2.62. The molecule has 0 aliphatic rings. The molecule has 0 saturated heterocycles. The molecule has 2 aromatic heterocycles. The molecule has 132 valence electrons. The van der Waals surface area contributed by atoms with Gasteiger partial charge in [-0.15, -0.1) is 0 Å². The number of H-pyrrole nitrogens is 1. The van der Waals surface area contributed by atoms with Crippen molar-refractivity contribution >= 4 is 23.2 Å². The van der Waals surface area contributed by atoms with Gasteiger partial charge in [-0.25, -0.2) is 4.79 Å². The van der Waals surface area contributed by atoms with Crippen molar-refractivity contribution in [1.29, 1.82) is 0 Å². The molecule has 0 aliphatic heterocycles. The van der Waals surface area contributed by atoms with Crippen molar-refractivity contribution in [2.24, 2.45) is 0 Å². The van der Waals surface area contributed by atoms with Gasteiger partial charge in [0.15, 0.2) is 0 Å². The van der Waals surface area contributed by atoms with Crippen LogP contribution in [0, 0.1) is 6.92 Å². The minimum absolute atomic E-state index is 0.0352. The Morgan fingerprint density at radius 1 is 1.27 bits per heavy atom. The maximum absolute atomic E-state index is 12.6. The zero-order chi connectivity index (χ0) is 18.7. The number of aromatic nitrogens is 3. The number of halogens is 1. The third-order valence-electron chi connectivity index (χ3n) is 3.78. The predicted octanol–water partition coefficient (Wildman–Crippen LogP) is 2.19. The number of aromatic amines is 1. The van der Waals surface area contributed by atoms with Crippen molar-refractivity contribution in [2.45, 2.75) is 13.5 Å². The molecule has 3 aromatic rings. The minimum Gasteiger partial charge on any atom is -0.322 e. The van der Waals surface area contributed by atoms with Gasteiger partial charge in [-0.2, -0.15) is 0 Å². The number of benzene rings is 1. The van der Waals surface area contributed by atoms with Crippen LogP contribution in [0.5, 0.6) is 0 Å². The summed E-state index contributed by atoms with van der Waals surface area (Å²) in [5.41, 5.74) is 0.352. The van der Waals surface area contributed by atoms with Gasteiger partial charge in [0.05, 0.1) is 12.2 Å².